The van der Waals surface area contributed by atoms with Crippen molar-refractivity contribution in [2.45, 2.75) is 6.92 Å². The summed E-state index contributed by atoms with van der Waals surface area (Å²) in [7, 11) is 1.58. The van der Waals surface area contributed by atoms with Crippen LogP contribution in [-0.2, 0) is 4.79 Å². The summed E-state index contributed by atoms with van der Waals surface area (Å²) in [6.07, 6.45) is 0. The zero-order chi connectivity index (χ0) is 19.7. The Bertz CT molecular complexity index is 982. The molecule has 0 atom stereocenters. The van der Waals surface area contributed by atoms with Crippen LogP contribution in [0.25, 0.3) is 5.57 Å². The molecule has 1 amide bonds. The molecule has 2 aromatic carbocycles. The Morgan fingerprint density at radius 2 is 1.85 bits per heavy atom. The minimum Gasteiger partial charge on any atom is -0.507 e. The van der Waals surface area contributed by atoms with Gasteiger partial charge < -0.3 is 14.9 Å². The predicted molar refractivity (Wildman–Crippen MR) is 108 cm³/mol. The molecule has 1 aliphatic rings. The van der Waals surface area contributed by atoms with Gasteiger partial charge in [0.1, 0.15) is 17.1 Å². The van der Waals surface area contributed by atoms with E-state index >= 15 is 0 Å². The number of hydrogen-bond donors (Lipinski definition) is 2. The highest BCUT2D eigenvalue weighted by molar-refractivity contribution is 8.27. The lowest BCUT2D eigenvalue weighted by Gasteiger charge is -2.15. The van der Waals surface area contributed by atoms with Crippen LogP contribution in [0.1, 0.15) is 22.8 Å². The van der Waals surface area contributed by atoms with Crippen molar-refractivity contribution in [3.05, 3.63) is 58.5 Å². The molecule has 27 heavy (non-hydrogen) atoms. The van der Waals surface area contributed by atoms with Gasteiger partial charge in [-0.1, -0.05) is 36.1 Å². The number of benzene rings is 2. The molecule has 6 nitrogen and oxygen atoms in total. The molecule has 0 saturated carbocycles. The summed E-state index contributed by atoms with van der Waals surface area (Å²) in [5.74, 6) is -1.28. The second kappa shape index (κ2) is 7.42. The summed E-state index contributed by atoms with van der Waals surface area (Å²) in [5, 5.41) is 18.9. The zero-order valence-electron chi connectivity index (χ0n) is 14.4. The van der Waals surface area contributed by atoms with E-state index in [1.165, 1.54) is 23.1 Å². The third kappa shape index (κ3) is 3.54. The van der Waals surface area contributed by atoms with Crippen molar-refractivity contribution >= 4 is 51.4 Å². The first-order valence-corrected chi connectivity index (χ1v) is 9.04. The van der Waals surface area contributed by atoms with Crippen LogP contribution < -0.4 is 9.64 Å². The van der Waals surface area contributed by atoms with Crippen LogP contribution in [0.3, 0.4) is 0 Å². The van der Waals surface area contributed by atoms with Crippen molar-refractivity contribution in [2.24, 2.45) is 0 Å². The van der Waals surface area contributed by atoms with Crippen LogP contribution in [0.4, 0.5) is 5.69 Å². The summed E-state index contributed by atoms with van der Waals surface area (Å²) in [4.78, 5) is 25.7. The van der Waals surface area contributed by atoms with Crippen LogP contribution in [-0.4, -0.2) is 33.5 Å². The van der Waals surface area contributed by atoms with Gasteiger partial charge in [-0.3, -0.25) is 9.69 Å². The standard InChI is InChI=1S/C19H15NO5S2/c1-10(11-3-6-13(25-2)7-4-11)16-17(22)20(19(26)27-16)12-5-8-14(18(23)24)15(21)9-12/h3-9,21H,1-2H3,(H,23,24)/b16-10-. The summed E-state index contributed by atoms with van der Waals surface area (Å²) >= 11 is 6.49. The van der Waals surface area contributed by atoms with E-state index in [4.69, 9.17) is 22.1 Å². The van der Waals surface area contributed by atoms with Gasteiger partial charge in [-0.15, -0.1) is 0 Å². The van der Waals surface area contributed by atoms with Gasteiger partial charge in [0.25, 0.3) is 5.91 Å². The molecule has 3 rings (SSSR count). The quantitative estimate of drug-likeness (QED) is 0.593. The molecule has 138 valence electrons. The third-order valence-electron chi connectivity index (χ3n) is 4.10. The molecule has 0 spiro atoms. The number of carbonyl (C=O) groups excluding carboxylic acids is 1. The molecule has 1 aliphatic heterocycles. The van der Waals surface area contributed by atoms with E-state index < -0.39 is 11.7 Å². The smallest absolute Gasteiger partial charge is 0.339 e. The number of anilines is 1. The van der Waals surface area contributed by atoms with Gasteiger partial charge in [0, 0.05) is 6.07 Å². The minimum absolute atomic E-state index is 0.242. The van der Waals surface area contributed by atoms with Crippen LogP contribution in [0.5, 0.6) is 11.5 Å². The highest BCUT2D eigenvalue weighted by atomic mass is 32.2. The maximum Gasteiger partial charge on any atom is 0.339 e. The number of thiocarbonyl (C=S) groups is 1. The van der Waals surface area contributed by atoms with Crippen molar-refractivity contribution in [1.82, 2.24) is 0 Å². The molecule has 2 N–H and O–H groups in total. The van der Waals surface area contributed by atoms with Crippen LogP contribution >= 0.6 is 24.0 Å². The summed E-state index contributed by atoms with van der Waals surface area (Å²) in [6, 6.07) is 11.2. The second-order valence-corrected chi connectivity index (χ2v) is 7.34. The molecular formula is C19H15NO5S2. The Hall–Kier alpha value is -2.84. The van der Waals surface area contributed by atoms with Gasteiger partial charge in [-0.25, -0.2) is 4.79 Å². The van der Waals surface area contributed by atoms with Crippen LogP contribution in [0, 0.1) is 0 Å². The Morgan fingerprint density at radius 3 is 2.41 bits per heavy atom. The molecule has 0 bridgehead atoms. The number of carbonyl (C=O) groups is 2. The first kappa shape index (κ1) is 18.9. The predicted octanol–water partition coefficient (Wildman–Crippen LogP) is 3.89. The number of rotatable bonds is 4. The number of aromatic hydroxyl groups is 1. The number of carboxylic acid groups (broad SMARTS) is 1. The summed E-state index contributed by atoms with van der Waals surface area (Å²) < 4.78 is 5.45. The average Bonchev–Trinajstić information content (AvgIpc) is 2.95. The highest BCUT2D eigenvalue weighted by Gasteiger charge is 2.35. The summed E-state index contributed by atoms with van der Waals surface area (Å²) in [5.41, 5.74) is 1.70. The lowest BCUT2D eigenvalue weighted by Crippen LogP contribution is -2.27. The van der Waals surface area contributed by atoms with E-state index in [1.807, 2.05) is 31.2 Å². The lowest BCUT2D eigenvalue weighted by molar-refractivity contribution is -0.113. The minimum atomic E-state index is -1.25. The highest BCUT2D eigenvalue weighted by Crippen LogP contribution is 2.40. The van der Waals surface area contributed by atoms with Crippen molar-refractivity contribution < 1.29 is 24.5 Å². The molecule has 1 heterocycles. The van der Waals surface area contributed by atoms with E-state index in [0.29, 0.717) is 20.7 Å². The number of ether oxygens (including phenoxy) is 1. The van der Waals surface area contributed by atoms with Crippen molar-refractivity contribution in [3.8, 4) is 11.5 Å². The molecule has 8 heteroatoms. The van der Waals surface area contributed by atoms with Gasteiger partial charge in [0.2, 0.25) is 0 Å². The molecule has 0 aliphatic carbocycles. The van der Waals surface area contributed by atoms with Crippen LogP contribution in [0.2, 0.25) is 0 Å². The van der Waals surface area contributed by atoms with E-state index in [1.54, 1.807) is 7.11 Å². The number of thioether (sulfide) groups is 1. The molecule has 2 aromatic rings. The fourth-order valence-corrected chi connectivity index (χ4v) is 3.97. The van der Waals surface area contributed by atoms with Crippen molar-refractivity contribution in [1.29, 1.82) is 0 Å². The maximum atomic E-state index is 12.9. The van der Waals surface area contributed by atoms with Gasteiger partial charge in [-0.2, -0.15) is 0 Å². The zero-order valence-corrected chi connectivity index (χ0v) is 16.1. The largest absolute Gasteiger partial charge is 0.507 e. The summed E-state index contributed by atoms with van der Waals surface area (Å²) in [6.45, 7) is 1.83. The van der Waals surface area contributed by atoms with E-state index in [9.17, 15) is 14.7 Å². The topological polar surface area (TPSA) is 87.1 Å². The normalized spacial score (nSPS) is 15.9. The van der Waals surface area contributed by atoms with E-state index in [0.717, 1.165) is 22.9 Å². The third-order valence-corrected chi connectivity index (χ3v) is 5.58. The van der Waals surface area contributed by atoms with Gasteiger partial charge in [0.15, 0.2) is 4.32 Å². The first-order valence-electron chi connectivity index (χ1n) is 7.81. The molecular weight excluding hydrogens is 386 g/mol. The van der Waals surface area contributed by atoms with E-state index in [2.05, 4.69) is 0 Å². The molecule has 1 saturated heterocycles. The number of methoxy groups -OCH3 is 1. The number of amides is 1. The average molecular weight is 401 g/mol. The Kier molecular flexibility index (Phi) is 5.20. The molecule has 0 aromatic heterocycles. The lowest BCUT2D eigenvalue weighted by atomic mass is 10.1. The number of phenols is 1. The Morgan fingerprint density at radius 1 is 1.19 bits per heavy atom. The number of nitrogens with zero attached hydrogens (tertiary/aromatic N) is 1. The number of carboxylic acids is 1. The fraction of sp³-hybridized carbons (Fsp3) is 0.105. The maximum absolute atomic E-state index is 12.9. The van der Waals surface area contributed by atoms with E-state index in [-0.39, 0.29) is 11.5 Å². The molecule has 0 radical (unpaired) electrons. The van der Waals surface area contributed by atoms with Crippen molar-refractivity contribution in [3.63, 3.8) is 0 Å². The van der Waals surface area contributed by atoms with Crippen molar-refractivity contribution in [2.75, 3.05) is 12.0 Å². The van der Waals surface area contributed by atoms with Gasteiger partial charge >= 0.3 is 5.97 Å². The van der Waals surface area contributed by atoms with Gasteiger partial charge in [0.05, 0.1) is 17.7 Å². The monoisotopic (exact) mass is 401 g/mol. The fourth-order valence-electron chi connectivity index (χ4n) is 2.63. The van der Waals surface area contributed by atoms with Crippen LogP contribution in [0.15, 0.2) is 47.4 Å². The number of hydrogen-bond acceptors (Lipinski definition) is 6. The number of aromatic carboxylic acids is 1. The Labute approximate surface area is 165 Å². The second-order valence-electron chi connectivity index (χ2n) is 5.70. The number of allylic oxidation sites excluding steroid dienone is 1. The SMILES string of the molecule is COc1ccc(/C(C)=C2\SC(=S)N(c3ccc(C(=O)O)c(O)c3)C2=O)cc1. The van der Waals surface area contributed by atoms with Gasteiger partial charge in [-0.05, 0) is 42.3 Å². The Balaban J connectivity index is 1.97. The molecule has 1 fully saturated rings. The molecule has 0 unspecified atom stereocenters. The first-order chi connectivity index (χ1) is 12.8.